The molecule has 6 aliphatic heterocycles. The smallest absolute Gasteiger partial charge is 0.262 e. The van der Waals surface area contributed by atoms with Crippen molar-refractivity contribution in [1.29, 1.82) is 0 Å². The van der Waals surface area contributed by atoms with Gasteiger partial charge in [-0.2, -0.15) is 0 Å². The fraction of sp³-hybridized carbons (Fsp3) is 0.455. The summed E-state index contributed by atoms with van der Waals surface area (Å²) < 4.78 is 16.3. The summed E-state index contributed by atoms with van der Waals surface area (Å²) in [5.74, 6) is -0.860. The molecule has 8 heterocycles. The van der Waals surface area contributed by atoms with Gasteiger partial charge in [0.25, 0.3) is 11.8 Å². The van der Waals surface area contributed by atoms with Crippen molar-refractivity contribution in [3.8, 4) is 0 Å². The predicted octanol–water partition coefficient (Wildman–Crippen LogP) is 4.77. The van der Waals surface area contributed by atoms with Crippen molar-refractivity contribution < 1.29 is 23.6 Å². The van der Waals surface area contributed by atoms with Gasteiger partial charge in [-0.05, 0) is 112 Å². The normalized spacial score (nSPS) is 24.3. The largest absolute Gasteiger partial charge is 0.371 e. The van der Waals surface area contributed by atoms with Gasteiger partial charge >= 0.3 is 0 Å². The van der Waals surface area contributed by atoms with Gasteiger partial charge in [-0.1, -0.05) is 18.7 Å². The fourth-order valence-corrected chi connectivity index (χ4v) is 9.79. The summed E-state index contributed by atoms with van der Waals surface area (Å²) in [6.07, 6.45) is 14.3. The Bertz CT molecular complexity index is 2270. The van der Waals surface area contributed by atoms with Gasteiger partial charge in [-0.25, -0.2) is 13.9 Å². The van der Waals surface area contributed by atoms with Crippen LogP contribution in [0, 0.1) is 5.92 Å². The van der Waals surface area contributed by atoms with Crippen LogP contribution in [0.1, 0.15) is 78.3 Å². The summed E-state index contributed by atoms with van der Waals surface area (Å²) in [5, 5.41) is 7.34. The lowest BCUT2D eigenvalue weighted by Gasteiger charge is -2.45. The quantitative estimate of drug-likeness (QED) is 0.227. The first-order chi connectivity index (χ1) is 28.1. The zero-order valence-electron chi connectivity index (χ0n) is 33.0. The summed E-state index contributed by atoms with van der Waals surface area (Å²) >= 11 is 0. The van der Waals surface area contributed by atoms with Gasteiger partial charge in [0.2, 0.25) is 11.8 Å². The van der Waals surface area contributed by atoms with Crippen molar-refractivity contribution in [2.75, 3.05) is 62.2 Å². The Morgan fingerprint density at radius 2 is 1.79 bits per heavy atom. The number of likely N-dealkylation sites (tertiary alicyclic amines) is 1. The third kappa shape index (κ3) is 7.17. The Labute approximate surface area is 337 Å². The Kier molecular flexibility index (Phi) is 10.3. The van der Waals surface area contributed by atoms with Gasteiger partial charge in [0, 0.05) is 63.3 Å². The van der Waals surface area contributed by atoms with Crippen LogP contribution in [0.4, 0.5) is 15.9 Å². The number of allylic oxidation sites excluding steroid dienone is 3. The molecular weight excluding hydrogens is 738 g/mol. The molecular formula is C44H50FN9O4. The molecule has 0 bridgehead atoms. The summed E-state index contributed by atoms with van der Waals surface area (Å²) in [4.78, 5) is 65.9. The highest BCUT2D eigenvalue weighted by Gasteiger charge is 2.45. The highest BCUT2D eigenvalue weighted by atomic mass is 19.1. The van der Waals surface area contributed by atoms with E-state index >= 15 is 0 Å². The van der Waals surface area contributed by atoms with Crippen molar-refractivity contribution in [2.45, 2.75) is 70.0 Å². The first-order valence-corrected chi connectivity index (χ1v) is 20.7. The molecule has 302 valence electrons. The molecule has 3 aromatic rings. The minimum Gasteiger partial charge on any atom is -0.371 e. The van der Waals surface area contributed by atoms with E-state index in [9.17, 15) is 23.6 Å². The van der Waals surface area contributed by atoms with Crippen LogP contribution in [-0.2, 0) is 9.59 Å². The van der Waals surface area contributed by atoms with Gasteiger partial charge in [-0.15, -0.1) is 5.10 Å². The van der Waals surface area contributed by atoms with Crippen molar-refractivity contribution in [1.82, 2.24) is 34.6 Å². The number of imidazole rings is 1. The molecule has 14 heteroatoms. The van der Waals surface area contributed by atoms with Gasteiger partial charge in [0.1, 0.15) is 17.7 Å². The number of nitrogens with one attached hydrogen (secondary N) is 1. The van der Waals surface area contributed by atoms with Gasteiger partial charge in [0.05, 0.1) is 29.1 Å². The molecule has 0 saturated carbocycles. The number of carbonyl (C=O) groups is 4. The number of piperidine rings is 2. The first kappa shape index (κ1) is 38.1. The standard InChI is InChI=1S/C44H50FN9O4/c1-3-6-31(45)21-28(2)36-8-5-18-52(36)40-13-12-39-46-23-38(54(39)48-40)30-7-4-17-50(27-30)32-15-19-49(20-16-32)24-29-25-51(26-29)33-9-10-34-35(22-33)44(58)53(43(34)57)37-11-14-41(55)47-42(37)56/h3,6-7,9-10,12-13,21-23,29,32,36-37H,2,4-5,8,11,14-20,24-27H2,1H3,(H,47,55,56)/b6-3-,31-21+/t36-,37?/m1/s1. The molecule has 2 atom stereocenters. The zero-order valence-corrected chi connectivity index (χ0v) is 33.0. The van der Waals surface area contributed by atoms with Crippen LogP contribution in [0.15, 0.2) is 78.8 Å². The number of halogens is 1. The first-order valence-electron chi connectivity index (χ1n) is 20.7. The number of rotatable bonds is 10. The van der Waals surface area contributed by atoms with Crippen LogP contribution < -0.4 is 15.1 Å². The van der Waals surface area contributed by atoms with Crippen molar-refractivity contribution >= 4 is 46.4 Å². The van der Waals surface area contributed by atoms with E-state index < -0.39 is 23.8 Å². The van der Waals surface area contributed by atoms with Crippen molar-refractivity contribution in [2.24, 2.45) is 5.92 Å². The van der Waals surface area contributed by atoms with E-state index in [0.29, 0.717) is 23.1 Å². The maximum atomic E-state index is 14.3. The van der Waals surface area contributed by atoms with Gasteiger partial charge in [0.15, 0.2) is 5.65 Å². The summed E-state index contributed by atoms with van der Waals surface area (Å²) in [6.45, 7) is 13.7. The third-order valence-electron chi connectivity index (χ3n) is 12.8. The topological polar surface area (TPSA) is 127 Å². The monoisotopic (exact) mass is 787 g/mol. The van der Waals surface area contributed by atoms with E-state index in [0.717, 1.165) is 118 Å². The zero-order chi connectivity index (χ0) is 40.1. The Hall–Kier alpha value is -5.47. The number of hydrogen-bond donors (Lipinski definition) is 1. The lowest BCUT2D eigenvalue weighted by atomic mass is 9.94. The number of anilines is 2. The number of hydrogen-bond acceptors (Lipinski definition) is 10. The molecule has 4 saturated heterocycles. The fourth-order valence-electron chi connectivity index (χ4n) is 9.79. The number of imide groups is 2. The summed E-state index contributed by atoms with van der Waals surface area (Å²) in [5.41, 5.74) is 5.37. The van der Waals surface area contributed by atoms with E-state index in [1.807, 2.05) is 28.9 Å². The third-order valence-corrected chi connectivity index (χ3v) is 12.8. The second-order valence-corrected chi connectivity index (χ2v) is 16.5. The second-order valence-electron chi connectivity index (χ2n) is 16.5. The van der Waals surface area contributed by atoms with E-state index in [-0.39, 0.29) is 30.6 Å². The molecule has 4 amide bonds. The van der Waals surface area contributed by atoms with Crippen molar-refractivity contribution in [3.63, 3.8) is 0 Å². The van der Waals surface area contributed by atoms with Crippen molar-refractivity contribution in [3.05, 3.63) is 95.6 Å². The van der Waals surface area contributed by atoms with Gasteiger partial charge < -0.3 is 14.7 Å². The molecule has 1 N–H and O–H groups in total. The summed E-state index contributed by atoms with van der Waals surface area (Å²) in [6, 6.07) is 8.94. The van der Waals surface area contributed by atoms with Crippen LogP contribution in [-0.4, -0.2) is 123 Å². The Morgan fingerprint density at radius 1 is 0.983 bits per heavy atom. The van der Waals surface area contributed by atoms with Crippen LogP contribution in [0.2, 0.25) is 0 Å². The number of nitrogens with zero attached hydrogens (tertiary/aromatic N) is 8. The lowest BCUT2D eigenvalue weighted by molar-refractivity contribution is -0.136. The molecule has 0 aliphatic carbocycles. The summed E-state index contributed by atoms with van der Waals surface area (Å²) in [7, 11) is 0. The number of fused-ring (bicyclic) bond motifs is 2. The minimum atomic E-state index is -0.963. The molecule has 9 rings (SSSR count). The molecule has 1 aromatic carbocycles. The van der Waals surface area contributed by atoms with Crippen LogP contribution in [0.25, 0.3) is 11.2 Å². The van der Waals surface area contributed by atoms with Crippen LogP contribution in [0.5, 0.6) is 0 Å². The number of aromatic nitrogens is 3. The molecule has 58 heavy (non-hydrogen) atoms. The predicted molar refractivity (Wildman–Crippen MR) is 219 cm³/mol. The maximum absolute atomic E-state index is 14.3. The average Bonchev–Trinajstić information content (AvgIpc) is 3.93. The molecule has 1 unspecified atom stereocenters. The van der Waals surface area contributed by atoms with E-state index in [4.69, 9.17) is 10.1 Å². The number of amides is 4. The van der Waals surface area contributed by atoms with Crippen LogP contribution in [0.3, 0.4) is 0 Å². The molecule has 0 radical (unpaired) electrons. The van der Waals surface area contributed by atoms with Crippen LogP contribution >= 0.6 is 0 Å². The molecule has 4 fully saturated rings. The SMILES string of the molecule is C=C(/C=C(F)\C=C/C)[C@H]1CCCN1c1ccc2ncc(C3=CCCN(C4CCN(CC5CN(c6ccc7c(c6)C(=O)N(C6CCC(=O)NC6=O)C7=O)C5)CC4)C3)n2n1. The number of benzene rings is 1. The molecule has 6 aliphatic rings. The van der Waals surface area contributed by atoms with E-state index in [2.05, 4.69) is 37.6 Å². The average molecular weight is 788 g/mol. The second kappa shape index (κ2) is 15.7. The maximum Gasteiger partial charge on any atom is 0.262 e. The molecule has 2 aromatic heterocycles. The number of carbonyl (C=O) groups excluding carboxylic acids is 4. The molecule has 13 nitrogen and oxygen atoms in total. The van der Waals surface area contributed by atoms with Gasteiger partial charge in [-0.3, -0.25) is 34.3 Å². The Balaban J connectivity index is 0.774. The lowest BCUT2D eigenvalue weighted by Crippen LogP contribution is -2.54. The molecule has 0 spiro atoms. The highest BCUT2D eigenvalue weighted by Crippen LogP contribution is 2.35. The highest BCUT2D eigenvalue weighted by molar-refractivity contribution is 6.23. The Morgan fingerprint density at radius 3 is 2.59 bits per heavy atom. The van der Waals surface area contributed by atoms with E-state index in [1.165, 1.54) is 17.7 Å². The van der Waals surface area contributed by atoms with E-state index in [1.54, 1.807) is 25.1 Å². The minimum absolute atomic E-state index is 0.00207.